The Kier molecular flexibility index (Phi) is 3.90. The Bertz CT molecular complexity index is 1060. The van der Waals surface area contributed by atoms with Crippen molar-refractivity contribution < 1.29 is 5.11 Å². The highest BCUT2D eigenvalue weighted by Gasteiger charge is 2.13. The molecule has 0 amide bonds. The minimum atomic E-state index is 0.0547. The van der Waals surface area contributed by atoms with Crippen LogP contribution in [0.15, 0.2) is 42.5 Å². The maximum Gasteiger partial charge on any atom is 0.236 e. The lowest BCUT2D eigenvalue weighted by Crippen LogP contribution is -1.99. The molecule has 0 aliphatic rings. The molecule has 4 N–H and O–H groups in total. The smallest absolute Gasteiger partial charge is 0.236 e. The summed E-state index contributed by atoms with van der Waals surface area (Å²) in [5, 5.41) is 26.6. The van der Waals surface area contributed by atoms with E-state index in [0.29, 0.717) is 33.0 Å². The maximum absolute atomic E-state index is 9.51. The van der Waals surface area contributed by atoms with Crippen LogP contribution in [0.2, 0.25) is 5.02 Å². The molecule has 0 spiro atoms. The summed E-state index contributed by atoms with van der Waals surface area (Å²) in [6, 6.07) is 12.5. The number of phenolic OH excluding ortho intramolecular Hbond substituents is 1. The Hall–Kier alpha value is -2.84. The number of benzene rings is 2. The number of halogens is 1. The Morgan fingerprint density at radius 1 is 1.20 bits per heavy atom. The van der Waals surface area contributed by atoms with Crippen LogP contribution >= 0.6 is 22.9 Å². The van der Waals surface area contributed by atoms with Crippen molar-refractivity contribution in [3.63, 3.8) is 0 Å². The van der Waals surface area contributed by atoms with Crippen molar-refractivity contribution in [2.75, 3.05) is 11.1 Å². The summed E-state index contributed by atoms with van der Waals surface area (Å²) in [7, 11) is 0. The van der Waals surface area contributed by atoms with Crippen LogP contribution < -0.4 is 11.1 Å². The minimum Gasteiger partial charge on any atom is -0.506 e. The number of rotatable bonds is 4. The van der Waals surface area contributed by atoms with Crippen LogP contribution in [0.5, 0.6) is 5.75 Å². The van der Waals surface area contributed by atoms with Gasteiger partial charge in [0.1, 0.15) is 5.75 Å². The normalized spacial score (nSPS) is 11.1. The molecule has 0 aliphatic heterocycles. The third-order valence-electron chi connectivity index (χ3n) is 3.57. The molecule has 0 bridgehead atoms. The van der Waals surface area contributed by atoms with E-state index >= 15 is 0 Å². The van der Waals surface area contributed by atoms with Crippen LogP contribution in [0.25, 0.3) is 4.96 Å². The van der Waals surface area contributed by atoms with Crippen LogP contribution in [0, 0.1) is 0 Å². The predicted octanol–water partition coefficient (Wildman–Crippen LogP) is 3.46. The van der Waals surface area contributed by atoms with Crippen molar-refractivity contribution in [2.45, 2.75) is 6.42 Å². The highest BCUT2D eigenvalue weighted by Crippen LogP contribution is 2.26. The zero-order valence-electron chi connectivity index (χ0n) is 12.8. The summed E-state index contributed by atoms with van der Waals surface area (Å²) in [6.45, 7) is 0. The molecular formula is C16H13ClN6OS. The second kappa shape index (κ2) is 6.23. The molecule has 0 atom stereocenters. The van der Waals surface area contributed by atoms with E-state index in [1.165, 1.54) is 11.3 Å². The average molecular weight is 373 g/mol. The molecule has 0 saturated carbocycles. The number of fused-ring (bicyclic) bond motifs is 1. The van der Waals surface area contributed by atoms with Gasteiger partial charge >= 0.3 is 0 Å². The van der Waals surface area contributed by atoms with Crippen molar-refractivity contribution in [3.8, 4) is 5.75 Å². The van der Waals surface area contributed by atoms with Gasteiger partial charge in [0.05, 0.1) is 5.02 Å². The number of anilines is 3. The zero-order chi connectivity index (χ0) is 17.4. The van der Waals surface area contributed by atoms with Gasteiger partial charge < -0.3 is 16.2 Å². The Balaban J connectivity index is 1.60. The summed E-state index contributed by atoms with van der Waals surface area (Å²) in [6.07, 6.45) is 0.503. The third-order valence-corrected chi connectivity index (χ3v) is 4.68. The number of nitrogens with one attached hydrogen (secondary N) is 1. The molecule has 4 rings (SSSR count). The van der Waals surface area contributed by atoms with Gasteiger partial charge in [0.2, 0.25) is 10.1 Å². The molecule has 0 unspecified atom stereocenters. The lowest BCUT2D eigenvalue weighted by molar-refractivity contribution is 0.475. The second-order valence-electron chi connectivity index (χ2n) is 5.43. The number of nitrogens with zero attached hydrogens (tertiary/aromatic N) is 4. The second-order valence-corrected chi connectivity index (χ2v) is 6.79. The highest BCUT2D eigenvalue weighted by atomic mass is 35.5. The van der Waals surface area contributed by atoms with Crippen molar-refractivity contribution in [1.29, 1.82) is 0 Å². The molecule has 0 aliphatic carbocycles. The van der Waals surface area contributed by atoms with E-state index in [4.69, 9.17) is 17.3 Å². The SMILES string of the molecule is Nc1cccc(Nc2nn3c(Cc4ccc(O)c(Cl)c4)nnc3s2)c1. The summed E-state index contributed by atoms with van der Waals surface area (Å²) in [5.74, 6) is 0.743. The summed E-state index contributed by atoms with van der Waals surface area (Å²) >= 11 is 7.35. The molecule has 0 radical (unpaired) electrons. The maximum atomic E-state index is 9.51. The van der Waals surface area contributed by atoms with Crippen molar-refractivity contribution in [1.82, 2.24) is 19.8 Å². The van der Waals surface area contributed by atoms with E-state index in [0.717, 1.165) is 11.3 Å². The molecule has 0 fully saturated rings. The molecule has 126 valence electrons. The first-order valence-electron chi connectivity index (χ1n) is 7.39. The van der Waals surface area contributed by atoms with Gasteiger partial charge in [-0.25, -0.2) is 0 Å². The van der Waals surface area contributed by atoms with E-state index in [1.807, 2.05) is 24.3 Å². The van der Waals surface area contributed by atoms with E-state index in [2.05, 4.69) is 20.6 Å². The van der Waals surface area contributed by atoms with E-state index in [1.54, 1.807) is 22.7 Å². The number of aromatic nitrogens is 4. The number of aromatic hydroxyl groups is 1. The standard InChI is InChI=1S/C16H13ClN6OS/c17-12-6-9(4-5-13(12)24)7-14-20-21-16-23(14)22-15(25-16)19-11-3-1-2-10(18)8-11/h1-6,8,24H,7,18H2,(H,19,22). The van der Waals surface area contributed by atoms with Gasteiger partial charge in [-0.1, -0.05) is 35.1 Å². The van der Waals surface area contributed by atoms with Crippen molar-refractivity contribution in [2.24, 2.45) is 0 Å². The van der Waals surface area contributed by atoms with Crippen molar-refractivity contribution >= 4 is 44.4 Å². The van der Waals surface area contributed by atoms with Crippen LogP contribution in [0.1, 0.15) is 11.4 Å². The lowest BCUT2D eigenvalue weighted by atomic mass is 10.1. The van der Waals surface area contributed by atoms with Gasteiger partial charge in [0.15, 0.2) is 5.82 Å². The molecule has 25 heavy (non-hydrogen) atoms. The van der Waals surface area contributed by atoms with Gasteiger partial charge in [-0.3, -0.25) is 0 Å². The number of phenols is 1. The van der Waals surface area contributed by atoms with E-state index in [-0.39, 0.29) is 5.75 Å². The van der Waals surface area contributed by atoms with Crippen LogP contribution in [0.4, 0.5) is 16.5 Å². The Morgan fingerprint density at radius 2 is 2.08 bits per heavy atom. The molecule has 2 heterocycles. The first-order chi connectivity index (χ1) is 12.1. The molecule has 2 aromatic carbocycles. The van der Waals surface area contributed by atoms with Gasteiger partial charge in [-0.15, -0.1) is 15.3 Å². The van der Waals surface area contributed by atoms with E-state index < -0.39 is 0 Å². The predicted molar refractivity (Wildman–Crippen MR) is 98.7 cm³/mol. The van der Waals surface area contributed by atoms with Gasteiger partial charge in [0.25, 0.3) is 0 Å². The topological polar surface area (TPSA) is 101 Å². The fraction of sp³-hybridized carbons (Fsp3) is 0.0625. The van der Waals surface area contributed by atoms with Crippen LogP contribution in [0.3, 0.4) is 0 Å². The van der Waals surface area contributed by atoms with Crippen LogP contribution in [-0.4, -0.2) is 24.9 Å². The number of hydrogen-bond acceptors (Lipinski definition) is 7. The summed E-state index contributed by atoms with van der Waals surface area (Å²) < 4.78 is 1.69. The van der Waals surface area contributed by atoms with Crippen molar-refractivity contribution in [3.05, 3.63) is 58.9 Å². The first-order valence-corrected chi connectivity index (χ1v) is 8.59. The lowest BCUT2D eigenvalue weighted by Gasteiger charge is -2.03. The fourth-order valence-corrected chi connectivity index (χ4v) is 3.38. The zero-order valence-corrected chi connectivity index (χ0v) is 14.4. The number of nitrogen functional groups attached to an aromatic ring is 1. The monoisotopic (exact) mass is 372 g/mol. The fourth-order valence-electron chi connectivity index (χ4n) is 2.40. The van der Waals surface area contributed by atoms with Gasteiger partial charge in [-0.2, -0.15) is 4.52 Å². The summed E-state index contributed by atoms with van der Waals surface area (Å²) in [4.78, 5) is 0.686. The number of hydrogen-bond donors (Lipinski definition) is 3. The molecule has 7 nitrogen and oxygen atoms in total. The molecule has 9 heteroatoms. The quantitative estimate of drug-likeness (QED) is 0.474. The molecule has 2 aromatic heterocycles. The van der Waals surface area contributed by atoms with Gasteiger partial charge in [0, 0.05) is 17.8 Å². The van der Waals surface area contributed by atoms with E-state index in [9.17, 15) is 5.11 Å². The number of nitrogens with two attached hydrogens (primary N) is 1. The third kappa shape index (κ3) is 3.21. The molecular weight excluding hydrogens is 360 g/mol. The first kappa shape index (κ1) is 15.7. The summed E-state index contributed by atoms with van der Waals surface area (Å²) in [5.41, 5.74) is 8.24. The Morgan fingerprint density at radius 3 is 2.88 bits per heavy atom. The van der Waals surface area contributed by atoms with Gasteiger partial charge in [-0.05, 0) is 35.9 Å². The largest absolute Gasteiger partial charge is 0.506 e. The minimum absolute atomic E-state index is 0.0547. The molecule has 0 saturated heterocycles. The average Bonchev–Trinajstić information content (AvgIpc) is 3.12. The molecule has 4 aromatic rings. The Labute approximate surface area is 151 Å². The highest BCUT2D eigenvalue weighted by molar-refractivity contribution is 7.20. The van der Waals surface area contributed by atoms with Crippen LogP contribution in [-0.2, 0) is 6.42 Å².